The number of hydrogen-bond acceptors (Lipinski definition) is 4. The van der Waals surface area contributed by atoms with Crippen LogP contribution in [0.3, 0.4) is 0 Å². The summed E-state index contributed by atoms with van der Waals surface area (Å²) in [5.74, 6) is 0.320. The van der Waals surface area contributed by atoms with Crippen LogP contribution in [-0.4, -0.2) is 17.6 Å². The number of benzene rings is 2. The van der Waals surface area contributed by atoms with Gasteiger partial charge < -0.3 is 9.15 Å². The minimum atomic E-state index is -0.365. The zero-order chi connectivity index (χ0) is 17.4. The zero-order valence-electron chi connectivity index (χ0n) is 14.1. The molecule has 0 spiro atoms. The van der Waals surface area contributed by atoms with Gasteiger partial charge in [-0.15, -0.1) is 0 Å². The lowest BCUT2D eigenvalue weighted by Crippen LogP contribution is -2.08. The maximum atomic E-state index is 12.1. The molecule has 0 aliphatic rings. The van der Waals surface area contributed by atoms with Crippen LogP contribution in [0.5, 0.6) is 0 Å². The van der Waals surface area contributed by atoms with Crippen LogP contribution >= 0.6 is 0 Å². The summed E-state index contributed by atoms with van der Waals surface area (Å²) in [5, 5.41) is 3.22. The highest BCUT2D eigenvalue weighted by molar-refractivity contribution is 6.05. The highest BCUT2D eigenvalue weighted by atomic mass is 16.5. The summed E-state index contributed by atoms with van der Waals surface area (Å²) in [6.07, 6.45) is 1.72. The minimum absolute atomic E-state index is 0.332. The Labute approximate surface area is 145 Å². The molecule has 0 bridgehead atoms. The van der Waals surface area contributed by atoms with E-state index in [-0.39, 0.29) is 5.97 Å². The third kappa shape index (κ3) is 2.66. The molecular weight excluding hydrogens is 314 g/mol. The Balaban J connectivity index is 1.86. The minimum Gasteiger partial charge on any atom is -0.462 e. The summed E-state index contributed by atoms with van der Waals surface area (Å²) in [4.78, 5) is 16.4. The molecule has 2 aromatic carbocycles. The number of nitrogens with zero attached hydrogens (tertiary/aromatic N) is 1. The average molecular weight is 331 g/mol. The van der Waals surface area contributed by atoms with Crippen molar-refractivity contribution in [2.75, 3.05) is 6.61 Å². The molecule has 0 radical (unpaired) electrons. The molecule has 0 unspecified atom stereocenters. The maximum absolute atomic E-state index is 12.1. The van der Waals surface area contributed by atoms with E-state index in [0.29, 0.717) is 23.6 Å². The summed E-state index contributed by atoms with van der Waals surface area (Å²) in [6.45, 7) is 3.91. The van der Waals surface area contributed by atoms with Gasteiger partial charge in [-0.3, -0.25) is 4.98 Å². The Morgan fingerprint density at radius 1 is 1.12 bits per heavy atom. The van der Waals surface area contributed by atoms with E-state index in [9.17, 15) is 4.79 Å². The molecule has 4 heteroatoms. The Morgan fingerprint density at radius 2 is 1.92 bits per heavy atom. The molecule has 0 atom stereocenters. The number of aromatic nitrogens is 1. The van der Waals surface area contributed by atoms with Crippen molar-refractivity contribution in [2.24, 2.45) is 0 Å². The molecule has 0 saturated heterocycles. The third-order valence-electron chi connectivity index (χ3n) is 4.28. The third-order valence-corrected chi connectivity index (χ3v) is 4.28. The summed E-state index contributed by atoms with van der Waals surface area (Å²) >= 11 is 0. The van der Waals surface area contributed by atoms with Crippen molar-refractivity contribution in [1.29, 1.82) is 0 Å². The first kappa shape index (κ1) is 15.4. The first-order valence-corrected chi connectivity index (χ1v) is 8.23. The predicted molar refractivity (Wildman–Crippen MR) is 97.6 cm³/mol. The highest BCUT2D eigenvalue weighted by Crippen LogP contribution is 2.33. The Hall–Kier alpha value is -3.14. The molecule has 0 N–H and O–H groups in total. The van der Waals surface area contributed by atoms with Crippen LogP contribution in [0.1, 0.15) is 23.0 Å². The van der Waals surface area contributed by atoms with Gasteiger partial charge in [-0.25, -0.2) is 4.79 Å². The van der Waals surface area contributed by atoms with Crippen LogP contribution < -0.4 is 0 Å². The van der Waals surface area contributed by atoms with Gasteiger partial charge in [-0.05, 0) is 31.4 Å². The highest BCUT2D eigenvalue weighted by Gasteiger charge is 2.15. The SMILES string of the molecule is CCOC(=O)c1cc(-c2cc3ccc4ccccc4c3o2)cnc1C. The van der Waals surface area contributed by atoms with Gasteiger partial charge in [0.05, 0.1) is 17.9 Å². The molecule has 2 heterocycles. The Morgan fingerprint density at radius 3 is 2.76 bits per heavy atom. The fourth-order valence-electron chi connectivity index (χ4n) is 2.99. The fourth-order valence-corrected chi connectivity index (χ4v) is 2.99. The van der Waals surface area contributed by atoms with Crippen LogP contribution in [0.2, 0.25) is 0 Å². The lowest BCUT2D eigenvalue weighted by atomic mass is 10.1. The molecule has 2 aromatic heterocycles. The van der Waals surface area contributed by atoms with Gasteiger partial charge in [0, 0.05) is 22.5 Å². The lowest BCUT2D eigenvalue weighted by molar-refractivity contribution is 0.0525. The van der Waals surface area contributed by atoms with Gasteiger partial charge in [0.1, 0.15) is 11.3 Å². The van der Waals surface area contributed by atoms with E-state index in [2.05, 4.69) is 17.1 Å². The fraction of sp³-hybridized carbons (Fsp3) is 0.143. The summed E-state index contributed by atoms with van der Waals surface area (Å²) in [5.41, 5.74) is 2.70. The number of ether oxygens (including phenoxy) is 1. The second-order valence-electron chi connectivity index (χ2n) is 5.89. The Bertz CT molecular complexity index is 1090. The molecule has 25 heavy (non-hydrogen) atoms. The van der Waals surface area contributed by atoms with Gasteiger partial charge in [-0.2, -0.15) is 0 Å². The van der Waals surface area contributed by atoms with Crippen LogP contribution in [0.15, 0.2) is 59.1 Å². The van der Waals surface area contributed by atoms with Gasteiger partial charge in [-0.1, -0.05) is 36.4 Å². The average Bonchev–Trinajstić information content (AvgIpc) is 3.07. The Kier molecular flexibility index (Phi) is 3.73. The maximum Gasteiger partial charge on any atom is 0.339 e. The summed E-state index contributed by atoms with van der Waals surface area (Å²) < 4.78 is 11.2. The topological polar surface area (TPSA) is 52.3 Å². The number of carbonyl (C=O) groups is 1. The second kappa shape index (κ2) is 6.06. The molecule has 4 nitrogen and oxygen atoms in total. The van der Waals surface area contributed by atoms with Crippen LogP contribution in [0.25, 0.3) is 33.1 Å². The summed E-state index contributed by atoms with van der Waals surface area (Å²) in [7, 11) is 0. The van der Waals surface area contributed by atoms with E-state index >= 15 is 0 Å². The van der Waals surface area contributed by atoms with Crippen molar-refractivity contribution in [3.8, 4) is 11.3 Å². The first-order chi connectivity index (χ1) is 12.2. The van der Waals surface area contributed by atoms with E-state index < -0.39 is 0 Å². The number of aryl methyl sites for hydroxylation is 1. The van der Waals surface area contributed by atoms with E-state index in [0.717, 1.165) is 27.3 Å². The molecule has 124 valence electrons. The van der Waals surface area contributed by atoms with E-state index in [4.69, 9.17) is 9.15 Å². The zero-order valence-corrected chi connectivity index (χ0v) is 14.1. The number of fused-ring (bicyclic) bond motifs is 3. The van der Waals surface area contributed by atoms with Crippen molar-refractivity contribution in [3.05, 3.63) is 66.0 Å². The quantitative estimate of drug-likeness (QED) is 0.488. The van der Waals surface area contributed by atoms with Crippen molar-refractivity contribution in [3.63, 3.8) is 0 Å². The number of pyridine rings is 1. The van der Waals surface area contributed by atoms with Crippen molar-refractivity contribution in [2.45, 2.75) is 13.8 Å². The molecule has 4 aromatic rings. The normalized spacial score (nSPS) is 11.1. The van der Waals surface area contributed by atoms with E-state index in [1.807, 2.05) is 30.3 Å². The first-order valence-electron chi connectivity index (χ1n) is 8.23. The van der Waals surface area contributed by atoms with Gasteiger partial charge in [0.25, 0.3) is 0 Å². The van der Waals surface area contributed by atoms with Gasteiger partial charge >= 0.3 is 5.97 Å². The van der Waals surface area contributed by atoms with Crippen LogP contribution in [-0.2, 0) is 4.74 Å². The van der Waals surface area contributed by atoms with Crippen LogP contribution in [0.4, 0.5) is 0 Å². The van der Waals surface area contributed by atoms with Crippen LogP contribution in [0, 0.1) is 6.92 Å². The van der Waals surface area contributed by atoms with Gasteiger partial charge in [0.2, 0.25) is 0 Å². The standard InChI is InChI=1S/C21H17NO3/c1-3-24-21(23)18-10-16(12-22-13(18)2)19-11-15-9-8-14-6-4-5-7-17(14)20(15)25-19/h4-12H,3H2,1-2H3. The van der Waals surface area contributed by atoms with E-state index in [1.54, 1.807) is 26.1 Å². The monoisotopic (exact) mass is 331 g/mol. The predicted octanol–water partition coefficient (Wildman–Crippen LogP) is 5.13. The molecule has 4 rings (SSSR count). The number of carbonyl (C=O) groups excluding carboxylic acids is 1. The number of rotatable bonds is 3. The van der Waals surface area contributed by atoms with Crippen molar-refractivity contribution in [1.82, 2.24) is 4.98 Å². The molecular formula is C21H17NO3. The van der Waals surface area contributed by atoms with Gasteiger partial charge in [0.15, 0.2) is 0 Å². The number of furan rings is 1. The largest absolute Gasteiger partial charge is 0.462 e. The lowest BCUT2D eigenvalue weighted by Gasteiger charge is -2.06. The second-order valence-corrected chi connectivity index (χ2v) is 5.89. The number of hydrogen-bond donors (Lipinski definition) is 0. The molecule has 0 aliphatic carbocycles. The molecule has 0 saturated carbocycles. The van der Waals surface area contributed by atoms with Crippen molar-refractivity contribution >= 4 is 27.7 Å². The van der Waals surface area contributed by atoms with E-state index in [1.165, 1.54) is 0 Å². The molecule has 0 amide bonds. The van der Waals surface area contributed by atoms with Crippen molar-refractivity contribution < 1.29 is 13.9 Å². The molecule has 0 fully saturated rings. The molecule has 0 aliphatic heterocycles. The smallest absolute Gasteiger partial charge is 0.339 e. The number of esters is 1. The summed E-state index contributed by atoms with van der Waals surface area (Å²) in [6, 6.07) is 16.0.